The van der Waals surface area contributed by atoms with Crippen molar-refractivity contribution >= 4 is 8.32 Å². The Bertz CT molecular complexity index is 116. The van der Waals surface area contributed by atoms with Gasteiger partial charge in [-0.15, -0.1) is 0 Å². The lowest BCUT2D eigenvalue weighted by molar-refractivity contribution is 0.273. The van der Waals surface area contributed by atoms with Crippen LogP contribution < -0.4 is 0 Å². The van der Waals surface area contributed by atoms with Gasteiger partial charge in [-0.2, -0.15) is 0 Å². The summed E-state index contributed by atoms with van der Waals surface area (Å²) in [4.78, 5) is 9.83. The molecule has 11 heavy (non-hydrogen) atoms. The van der Waals surface area contributed by atoms with E-state index in [4.69, 9.17) is 5.11 Å². The van der Waals surface area contributed by atoms with Gasteiger partial charge in [-0.3, -0.25) is 0 Å². The van der Waals surface area contributed by atoms with Gasteiger partial charge >= 0.3 is 0 Å². The van der Waals surface area contributed by atoms with Crippen molar-refractivity contribution in [2.45, 2.75) is 44.8 Å². The van der Waals surface area contributed by atoms with E-state index in [1.165, 1.54) is 0 Å². The number of hydrogen-bond donors (Lipinski definition) is 2. The third-order valence-corrected chi connectivity index (χ3v) is 6.18. The SMILES string of the molecule is CC(C)(CCCO)[Si](C)(C)O. The van der Waals surface area contributed by atoms with Crippen LogP contribution in [-0.4, -0.2) is 24.8 Å². The average Bonchev–Trinajstić information content (AvgIpc) is 1.81. The summed E-state index contributed by atoms with van der Waals surface area (Å²) in [5, 5.41) is 8.65. The normalized spacial score (nSPS) is 13.6. The standard InChI is InChI=1S/C8H20O2Si/c1-8(2,6-5-7-9)11(3,4)10/h9-10H,5-7H2,1-4H3. The molecule has 0 aromatic carbocycles. The van der Waals surface area contributed by atoms with Crippen molar-refractivity contribution in [3.05, 3.63) is 0 Å². The molecule has 0 aromatic rings. The lowest BCUT2D eigenvalue weighted by Gasteiger charge is -2.34. The van der Waals surface area contributed by atoms with E-state index in [-0.39, 0.29) is 11.6 Å². The van der Waals surface area contributed by atoms with Gasteiger partial charge in [0.1, 0.15) is 0 Å². The fourth-order valence-corrected chi connectivity index (χ4v) is 1.62. The van der Waals surface area contributed by atoms with Gasteiger partial charge < -0.3 is 9.90 Å². The van der Waals surface area contributed by atoms with Crippen LogP contribution in [0.1, 0.15) is 26.7 Å². The molecule has 0 spiro atoms. The molecule has 2 N–H and O–H groups in total. The van der Waals surface area contributed by atoms with Gasteiger partial charge in [0.25, 0.3) is 0 Å². The lowest BCUT2D eigenvalue weighted by atomic mass is 10.1. The molecule has 0 fully saturated rings. The summed E-state index contributed by atoms with van der Waals surface area (Å²) >= 11 is 0. The van der Waals surface area contributed by atoms with Crippen molar-refractivity contribution in [1.82, 2.24) is 0 Å². The highest BCUT2D eigenvalue weighted by atomic mass is 28.4. The first kappa shape index (κ1) is 11.1. The largest absolute Gasteiger partial charge is 0.432 e. The van der Waals surface area contributed by atoms with Gasteiger partial charge in [-0.25, -0.2) is 0 Å². The maximum atomic E-state index is 9.83. The summed E-state index contributed by atoms with van der Waals surface area (Å²) in [6, 6.07) is 0. The minimum absolute atomic E-state index is 0.0235. The van der Waals surface area contributed by atoms with Crippen molar-refractivity contribution in [2.75, 3.05) is 6.61 Å². The van der Waals surface area contributed by atoms with Crippen LogP contribution in [0.4, 0.5) is 0 Å². The highest BCUT2D eigenvalue weighted by Crippen LogP contribution is 2.39. The molecule has 0 rings (SSSR count). The summed E-state index contributed by atoms with van der Waals surface area (Å²) in [6.45, 7) is 8.28. The maximum Gasteiger partial charge on any atom is 0.188 e. The zero-order valence-electron chi connectivity index (χ0n) is 8.02. The summed E-state index contributed by atoms with van der Waals surface area (Å²) < 4.78 is 0. The predicted molar refractivity (Wildman–Crippen MR) is 50.1 cm³/mol. The van der Waals surface area contributed by atoms with Crippen molar-refractivity contribution in [3.8, 4) is 0 Å². The zero-order valence-corrected chi connectivity index (χ0v) is 9.02. The molecule has 0 amide bonds. The van der Waals surface area contributed by atoms with Crippen LogP contribution in [0.2, 0.25) is 18.1 Å². The first-order valence-electron chi connectivity index (χ1n) is 4.14. The third-order valence-electron chi connectivity index (χ3n) is 2.62. The van der Waals surface area contributed by atoms with E-state index in [2.05, 4.69) is 13.8 Å². The topological polar surface area (TPSA) is 40.5 Å². The van der Waals surface area contributed by atoms with Crippen LogP contribution in [-0.2, 0) is 0 Å². The van der Waals surface area contributed by atoms with Gasteiger partial charge in [-0.05, 0) is 31.0 Å². The molecule has 0 aliphatic carbocycles. The minimum Gasteiger partial charge on any atom is -0.432 e. The highest BCUT2D eigenvalue weighted by Gasteiger charge is 2.36. The fraction of sp³-hybridized carbons (Fsp3) is 1.00. The summed E-state index contributed by atoms with van der Waals surface area (Å²) in [5.41, 5.74) is 0. The van der Waals surface area contributed by atoms with E-state index in [1.54, 1.807) is 0 Å². The summed E-state index contributed by atoms with van der Waals surface area (Å²) in [7, 11) is -2.03. The molecule has 0 aliphatic rings. The second-order valence-electron chi connectivity index (χ2n) is 4.27. The summed E-state index contributed by atoms with van der Waals surface area (Å²) in [6.07, 6.45) is 1.71. The molecule has 0 unspecified atom stereocenters. The molecule has 3 heteroatoms. The van der Waals surface area contributed by atoms with Gasteiger partial charge in [-0.1, -0.05) is 13.8 Å². The van der Waals surface area contributed by atoms with Crippen LogP contribution in [0.15, 0.2) is 0 Å². The molecule has 68 valence electrons. The van der Waals surface area contributed by atoms with E-state index in [0.717, 1.165) is 12.8 Å². The first-order chi connectivity index (χ1) is 4.81. The Balaban J connectivity index is 4.00. The van der Waals surface area contributed by atoms with E-state index < -0.39 is 8.32 Å². The van der Waals surface area contributed by atoms with Crippen LogP contribution in [0.25, 0.3) is 0 Å². The molecule has 0 saturated carbocycles. The van der Waals surface area contributed by atoms with Crippen LogP contribution >= 0.6 is 0 Å². The Hall–Kier alpha value is 0.137. The van der Waals surface area contributed by atoms with Crippen LogP contribution in [0.5, 0.6) is 0 Å². The molecule has 0 aromatic heterocycles. The number of hydrogen-bond acceptors (Lipinski definition) is 2. The van der Waals surface area contributed by atoms with Crippen LogP contribution in [0.3, 0.4) is 0 Å². The Morgan fingerprint density at radius 2 is 1.73 bits per heavy atom. The smallest absolute Gasteiger partial charge is 0.188 e. The van der Waals surface area contributed by atoms with E-state index in [9.17, 15) is 4.80 Å². The predicted octanol–water partition coefficient (Wildman–Crippen LogP) is 1.74. The minimum atomic E-state index is -2.03. The summed E-state index contributed by atoms with van der Waals surface area (Å²) in [5.74, 6) is 0. The zero-order chi connectivity index (χ0) is 9.12. The van der Waals surface area contributed by atoms with E-state index >= 15 is 0 Å². The van der Waals surface area contributed by atoms with Crippen molar-refractivity contribution < 1.29 is 9.90 Å². The third kappa shape index (κ3) is 3.36. The van der Waals surface area contributed by atoms with Gasteiger partial charge in [0.05, 0.1) is 0 Å². The number of aliphatic hydroxyl groups is 1. The monoisotopic (exact) mass is 176 g/mol. The number of aliphatic hydroxyl groups excluding tert-OH is 1. The first-order valence-corrected chi connectivity index (χ1v) is 7.09. The van der Waals surface area contributed by atoms with Crippen molar-refractivity contribution in [1.29, 1.82) is 0 Å². The number of rotatable bonds is 4. The van der Waals surface area contributed by atoms with Gasteiger partial charge in [0.15, 0.2) is 8.32 Å². The maximum absolute atomic E-state index is 9.83. The highest BCUT2D eigenvalue weighted by molar-refractivity contribution is 6.72. The van der Waals surface area contributed by atoms with E-state index in [0.29, 0.717) is 0 Å². The molecule has 2 nitrogen and oxygen atoms in total. The molecule has 0 heterocycles. The average molecular weight is 176 g/mol. The molecule has 0 aliphatic heterocycles. The Kier molecular flexibility index (Phi) is 3.74. The Morgan fingerprint density at radius 3 is 2.00 bits per heavy atom. The second-order valence-corrected chi connectivity index (χ2v) is 8.74. The van der Waals surface area contributed by atoms with Crippen LogP contribution in [0, 0.1) is 0 Å². The quantitative estimate of drug-likeness (QED) is 0.641. The van der Waals surface area contributed by atoms with Gasteiger partial charge in [0, 0.05) is 6.61 Å². The van der Waals surface area contributed by atoms with Crippen molar-refractivity contribution in [2.24, 2.45) is 0 Å². The molecule has 0 saturated heterocycles. The Labute approximate surface area is 70.4 Å². The second kappa shape index (κ2) is 3.69. The Morgan fingerprint density at radius 1 is 1.27 bits per heavy atom. The molecule has 0 radical (unpaired) electrons. The lowest BCUT2D eigenvalue weighted by Crippen LogP contribution is -2.39. The molecule has 0 bridgehead atoms. The van der Waals surface area contributed by atoms with Gasteiger partial charge in [0.2, 0.25) is 0 Å². The fourth-order valence-electron chi connectivity index (χ4n) is 0.827. The van der Waals surface area contributed by atoms with E-state index in [1.807, 2.05) is 13.1 Å². The molecular formula is C8H20O2Si. The molecule has 0 atom stereocenters. The van der Waals surface area contributed by atoms with Crippen molar-refractivity contribution in [3.63, 3.8) is 0 Å². The molecular weight excluding hydrogens is 156 g/mol.